The van der Waals surface area contributed by atoms with E-state index in [2.05, 4.69) is 3.45 Å². The van der Waals surface area contributed by atoms with Crippen LogP contribution in [-0.2, 0) is 30.8 Å². The molecule has 0 saturated carbocycles. The van der Waals surface area contributed by atoms with Crippen LogP contribution in [0, 0.1) is 0 Å². The number of hydrogen-bond donors (Lipinski definition) is 0. The van der Waals surface area contributed by atoms with E-state index in [0.717, 1.165) is 0 Å². The van der Waals surface area contributed by atoms with E-state index in [4.69, 9.17) is 0 Å². The summed E-state index contributed by atoms with van der Waals surface area (Å²) in [5.41, 5.74) is 0. The number of phosphoric acid groups is 1. The van der Waals surface area contributed by atoms with Crippen molar-refractivity contribution in [1.29, 1.82) is 0 Å². The summed E-state index contributed by atoms with van der Waals surface area (Å²) >= 11 is -4.24. The van der Waals surface area contributed by atoms with Crippen molar-refractivity contribution in [2.75, 3.05) is 0 Å². The number of hydrogen-bond acceptors (Lipinski definition) is 6. The van der Waals surface area contributed by atoms with E-state index < -0.39 is 23.2 Å². The van der Waals surface area contributed by atoms with Gasteiger partial charge in [-0.2, -0.15) is 0 Å². The normalized spacial score (nSPS) is 10.0. The molecule has 0 bridgehead atoms. The fraction of sp³-hybridized carbons (Fsp3) is 0. The van der Waals surface area contributed by atoms with Crippen LogP contribution in [0.3, 0.4) is 0 Å². The molecule has 0 aromatic rings. The predicted octanol–water partition coefficient (Wildman–Crippen LogP) is -2.32. The summed E-state index contributed by atoms with van der Waals surface area (Å²) in [5.74, 6) is 0. The van der Waals surface area contributed by atoms with Crippen molar-refractivity contribution in [3.63, 3.8) is 0 Å². The maximum atomic E-state index is 9.34. The monoisotopic (exact) mass is 386 g/mol. The minimum Gasteiger partial charge on any atom is 2.00 e. The van der Waals surface area contributed by atoms with E-state index in [1.165, 1.54) is 0 Å². The first-order valence-corrected chi connectivity index (χ1v) is 4.45. The molecule has 0 aromatic carbocycles. The van der Waals surface area contributed by atoms with E-state index in [1.807, 2.05) is 0 Å². The van der Waals surface area contributed by atoms with Gasteiger partial charge >= 0.3 is 75.7 Å². The van der Waals surface area contributed by atoms with Gasteiger partial charge in [-0.15, -0.1) is 0 Å². The molecule has 0 aliphatic rings. The molecule has 0 heterocycles. The summed E-state index contributed by atoms with van der Waals surface area (Å²) < 4.78 is 30.9. The van der Waals surface area contributed by atoms with Crippen molar-refractivity contribution in [3.05, 3.63) is 0 Å². The van der Waals surface area contributed by atoms with Gasteiger partial charge in [0.2, 0.25) is 0 Å². The molecular weight excluding hydrogens is 385 g/mol. The molecule has 0 aromatic heterocycles. The smallest absolute Gasteiger partial charge is 2.00 e. The van der Waals surface area contributed by atoms with Crippen molar-refractivity contribution in [3.8, 4) is 0 Å². The third-order valence-corrected chi connectivity index (χ3v) is 2.06. The second-order valence-corrected chi connectivity index (χ2v) is 3.27. The second-order valence-electron chi connectivity index (χ2n) is 0.752. The van der Waals surface area contributed by atoms with E-state index in [9.17, 15) is 21.7 Å². The summed E-state index contributed by atoms with van der Waals surface area (Å²) in [6.45, 7) is 0. The molecule has 50 valence electrons. The van der Waals surface area contributed by atoms with Gasteiger partial charge in [0.05, 0.1) is 0 Å². The van der Waals surface area contributed by atoms with Gasteiger partial charge < -0.3 is 0 Å². The maximum Gasteiger partial charge on any atom is 2.00 e. The first kappa shape index (κ1) is 12.9. The Balaban J connectivity index is 0. The first-order chi connectivity index (χ1) is 3.42. The van der Waals surface area contributed by atoms with Crippen LogP contribution in [0.4, 0.5) is 0 Å². The first-order valence-electron chi connectivity index (χ1n) is 1.28. The van der Waals surface area contributed by atoms with Gasteiger partial charge in [-0.05, 0) is 0 Å². The Morgan fingerprint density at radius 1 is 1.33 bits per heavy atom. The van der Waals surface area contributed by atoms with Gasteiger partial charge in [0.25, 0.3) is 0 Å². The Hall–Kier alpha value is 1.22. The zero-order valence-electron chi connectivity index (χ0n) is 3.84. The molecule has 9 heavy (non-hydrogen) atoms. The predicted molar refractivity (Wildman–Crippen MR) is 15.8 cm³/mol. The molecule has 0 aliphatic carbocycles. The fourth-order valence-electron chi connectivity index (χ4n) is 0.0816. The Morgan fingerprint density at radius 2 is 1.67 bits per heavy atom. The van der Waals surface area contributed by atoms with Crippen molar-refractivity contribution >= 4 is 35.1 Å². The van der Waals surface area contributed by atoms with Crippen LogP contribution in [0.2, 0.25) is 0 Å². The maximum absolute atomic E-state index is 9.34. The second kappa shape index (κ2) is 4.95. The Kier molecular flexibility index (Phi) is 7.06. The van der Waals surface area contributed by atoms with Gasteiger partial charge in [-0.1, -0.05) is 0 Å². The largest absolute Gasteiger partial charge is 2.00 e. The van der Waals surface area contributed by atoms with Crippen molar-refractivity contribution in [2.24, 2.45) is 0 Å². The van der Waals surface area contributed by atoms with Gasteiger partial charge in [-0.3, -0.25) is 0 Å². The van der Waals surface area contributed by atoms with Crippen LogP contribution >= 0.6 is 7.82 Å². The molecule has 0 rings (SSSR count). The molecule has 0 saturated heterocycles. The van der Waals surface area contributed by atoms with E-state index in [1.54, 1.807) is 0 Å². The topological polar surface area (TPSA) is 107 Å². The minimum absolute atomic E-state index is 0. The summed E-state index contributed by atoms with van der Waals surface area (Å²) in [6, 6.07) is 0. The molecule has 0 fully saturated rings. The molecule has 0 spiro atoms. The third kappa shape index (κ3) is 12.4. The molecule has 0 aliphatic heterocycles. The zero-order valence-corrected chi connectivity index (χ0v) is 10.0. The van der Waals surface area contributed by atoms with Gasteiger partial charge in [0, 0.05) is 0 Å². The zero-order chi connectivity index (χ0) is 6.78. The molecule has 2 radical (unpaired) electrons. The molecule has 0 N–H and O–H groups in total. The SMILES string of the molecule is [O]=[V](=[O])[O]P(=O)([O-])[O-].[Pb+2]. The Bertz CT molecular complexity index is 167. The fourth-order valence-corrected chi connectivity index (χ4v) is 1.01. The van der Waals surface area contributed by atoms with E-state index >= 15 is 0 Å². The van der Waals surface area contributed by atoms with Gasteiger partial charge in [0.15, 0.2) is 0 Å². The average molecular weight is 385 g/mol. The van der Waals surface area contributed by atoms with Crippen molar-refractivity contribution in [1.82, 2.24) is 0 Å². The average Bonchev–Trinajstić information content (AvgIpc) is 1.21. The Morgan fingerprint density at radius 3 is 1.67 bits per heavy atom. The summed E-state index contributed by atoms with van der Waals surface area (Å²) in [6.07, 6.45) is 0. The molecule has 6 nitrogen and oxygen atoms in total. The van der Waals surface area contributed by atoms with Crippen LogP contribution in [0.1, 0.15) is 0 Å². The van der Waals surface area contributed by atoms with Crippen LogP contribution in [0.15, 0.2) is 0 Å². The van der Waals surface area contributed by atoms with Crippen LogP contribution in [-0.4, -0.2) is 27.3 Å². The number of rotatable bonds is 2. The Labute approximate surface area is 75.4 Å². The van der Waals surface area contributed by atoms with Crippen molar-refractivity contribution in [2.45, 2.75) is 0 Å². The van der Waals surface area contributed by atoms with Crippen LogP contribution in [0.5, 0.6) is 0 Å². The molecule has 0 amide bonds. The molecular formula is O6PPbV. The van der Waals surface area contributed by atoms with Gasteiger partial charge in [0.1, 0.15) is 0 Å². The molecule has 9 heteroatoms. The quantitative estimate of drug-likeness (QED) is 0.390. The van der Waals surface area contributed by atoms with Gasteiger partial charge in [-0.25, -0.2) is 0 Å². The summed E-state index contributed by atoms with van der Waals surface area (Å²) in [4.78, 5) is 18.7. The summed E-state index contributed by atoms with van der Waals surface area (Å²) in [5, 5.41) is 0. The minimum atomic E-state index is -5.28. The van der Waals surface area contributed by atoms with Crippen LogP contribution < -0.4 is 9.79 Å². The van der Waals surface area contributed by atoms with Crippen molar-refractivity contribution < 1.29 is 40.5 Å². The van der Waals surface area contributed by atoms with E-state index in [0.29, 0.717) is 0 Å². The third-order valence-electron chi connectivity index (χ3n) is 0.167. The summed E-state index contributed by atoms with van der Waals surface area (Å²) in [7, 11) is -5.28. The van der Waals surface area contributed by atoms with Crippen LogP contribution in [0.25, 0.3) is 0 Å². The standard InChI is InChI=1S/H3O4P.2O.Pb.V/c1-5(2,3)4;;;;/h(H3,1,2,3,4);;;;/q;;;+2;+1/p-3. The molecule has 0 atom stereocenters. The molecule has 0 unspecified atom stereocenters. The van der Waals surface area contributed by atoms with E-state index in [-0.39, 0.29) is 27.3 Å².